The topological polar surface area (TPSA) is 71.9 Å². The van der Waals surface area contributed by atoms with Crippen LogP contribution in [0.1, 0.15) is 66.4 Å². The van der Waals surface area contributed by atoms with E-state index in [4.69, 9.17) is 0 Å². The lowest BCUT2D eigenvalue weighted by molar-refractivity contribution is 0.102. The van der Waals surface area contributed by atoms with Crippen molar-refractivity contribution in [1.82, 2.24) is 9.55 Å². The van der Waals surface area contributed by atoms with Gasteiger partial charge in [-0.15, -0.1) is 0 Å². The minimum atomic E-state index is -0.532. The highest BCUT2D eigenvalue weighted by atomic mass is 16.2. The van der Waals surface area contributed by atoms with Crippen LogP contribution in [-0.2, 0) is 6.54 Å². The number of aryl methyl sites for hydroxylation is 2. The Hall–Kier alpha value is -2.43. The second-order valence-corrected chi connectivity index (χ2v) is 7.39. The average molecular weight is 342 g/mol. The van der Waals surface area contributed by atoms with Crippen LogP contribution in [0.5, 0.6) is 0 Å². The van der Waals surface area contributed by atoms with Crippen molar-refractivity contribution in [2.24, 2.45) is 5.92 Å². The number of nitrogens with one attached hydrogen (secondary N) is 1. The van der Waals surface area contributed by atoms with Crippen molar-refractivity contribution >= 4 is 5.78 Å². The van der Waals surface area contributed by atoms with Crippen molar-refractivity contribution in [3.8, 4) is 0 Å². The van der Waals surface area contributed by atoms with Crippen LogP contribution in [0.3, 0.4) is 0 Å². The molecule has 0 saturated heterocycles. The molecule has 5 nitrogen and oxygen atoms in total. The maximum Gasteiger partial charge on any atom is 0.328 e. The number of hydrogen-bond acceptors (Lipinski definition) is 3. The molecule has 1 heterocycles. The Balaban J connectivity index is 2.82. The van der Waals surface area contributed by atoms with E-state index in [-0.39, 0.29) is 23.3 Å². The Morgan fingerprint density at radius 1 is 1.04 bits per heavy atom. The first-order chi connectivity index (χ1) is 11.6. The summed E-state index contributed by atoms with van der Waals surface area (Å²) >= 11 is 0. The van der Waals surface area contributed by atoms with E-state index >= 15 is 0 Å². The molecular formula is C20H26N2O3. The normalized spacial score (nSPS) is 11.4. The van der Waals surface area contributed by atoms with E-state index in [1.165, 1.54) is 4.57 Å². The Morgan fingerprint density at radius 3 is 2.08 bits per heavy atom. The minimum Gasteiger partial charge on any atom is -0.290 e. The van der Waals surface area contributed by atoms with Gasteiger partial charge in [-0.1, -0.05) is 44.9 Å². The summed E-state index contributed by atoms with van der Waals surface area (Å²) in [5.41, 5.74) is 2.01. The molecule has 0 aliphatic rings. The third kappa shape index (κ3) is 3.98. The largest absolute Gasteiger partial charge is 0.328 e. The Kier molecular flexibility index (Phi) is 5.45. The zero-order valence-corrected chi connectivity index (χ0v) is 15.8. The number of carbonyl (C=O) groups excluding carboxylic acids is 1. The van der Waals surface area contributed by atoms with Crippen LogP contribution < -0.4 is 11.2 Å². The highest BCUT2D eigenvalue weighted by Crippen LogP contribution is 2.20. The zero-order chi connectivity index (χ0) is 18.9. The lowest BCUT2D eigenvalue weighted by Crippen LogP contribution is -2.38. The van der Waals surface area contributed by atoms with E-state index in [2.05, 4.69) is 4.98 Å². The summed E-state index contributed by atoms with van der Waals surface area (Å²) in [5.74, 6) is -0.290. The van der Waals surface area contributed by atoms with Crippen LogP contribution in [0.25, 0.3) is 0 Å². The van der Waals surface area contributed by atoms with Gasteiger partial charge < -0.3 is 0 Å². The van der Waals surface area contributed by atoms with Gasteiger partial charge >= 0.3 is 5.69 Å². The molecule has 1 N–H and O–H groups in total. The first kappa shape index (κ1) is 18.9. The predicted octanol–water partition coefficient (Wildman–Crippen LogP) is 3.16. The van der Waals surface area contributed by atoms with Crippen LogP contribution in [0.4, 0.5) is 0 Å². The molecule has 0 unspecified atom stereocenters. The van der Waals surface area contributed by atoms with Gasteiger partial charge in [-0.25, -0.2) is 4.79 Å². The number of H-pyrrole nitrogens is 1. The van der Waals surface area contributed by atoms with Gasteiger partial charge in [0.15, 0.2) is 0 Å². The molecule has 0 radical (unpaired) electrons. The Labute approximate surface area is 147 Å². The van der Waals surface area contributed by atoms with Gasteiger partial charge in [0, 0.05) is 17.7 Å². The maximum atomic E-state index is 13.3. The molecule has 2 rings (SSSR count). The van der Waals surface area contributed by atoms with E-state index < -0.39 is 11.2 Å². The molecule has 0 saturated carbocycles. The highest BCUT2D eigenvalue weighted by Gasteiger charge is 2.25. The first-order valence-corrected chi connectivity index (χ1v) is 8.61. The summed E-state index contributed by atoms with van der Waals surface area (Å²) in [5, 5.41) is 0. The molecule has 2 aromatic rings. The molecule has 1 aromatic heterocycles. The van der Waals surface area contributed by atoms with Crippen LogP contribution in [0, 0.1) is 19.8 Å². The van der Waals surface area contributed by atoms with Crippen LogP contribution in [-0.4, -0.2) is 15.3 Å². The van der Waals surface area contributed by atoms with Gasteiger partial charge in [0.05, 0.1) is 0 Å². The molecule has 0 spiro atoms. The fourth-order valence-corrected chi connectivity index (χ4v) is 3.15. The monoisotopic (exact) mass is 342 g/mol. The summed E-state index contributed by atoms with van der Waals surface area (Å²) in [6.07, 6.45) is 0. The number of hydrogen-bond donors (Lipinski definition) is 1. The quantitative estimate of drug-likeness (QED) is 0.848. The lowest BCUT2D eigenvalue weighted by atomic mass is 9.95. The van der Waals surface area contributed by atoms with Gasteiger partial charge in [0.25, 0.3) is 5.56 Å². The number of nitrogens with zero attached hydrogens (tertiary/aromatic N) is 1. The average Bonchev–Trinajstić information content (AvgIpc) is 2.47. The Morgan fingerprint density at radius 2 is 1.60 bits per heavy atom. The molecule has 134 valence electrons. The van der Waals surface area contributed by atoms with Crippen molar-refractivity contribution in [3.05, 3.63) is 67.0 Å². The molecule has 0 bridgehead atoms. The van der Waals surface area contributed by atoms with Gasteiger partial charge in [-0.05, 0) is 37.8 Å². The molecule has 0 fully saturated rings. The standard InChI is InChI=1S/C20H26N2O3/c1-11(2)10-22-17(16(12(3)4)19(24)21-20(22)25)18(23)15-8-13(5)7-14(6)9-15/h7-9,11-12H,10H2,1-6H3,(H,21,24,25). The summed E-state index contributed by atoms with van der Waals surface area (Å²) < 4.78 is 1.42. The molecule has 5 heteroatoms. The molecule has 0 aliphatic carbocycles. The number of rotatable bonds is 5. The number of aromatic amines is 1. The third-order valence-electron chi connectivity index (χ3n) is 4.06. The van der Waals surface area contributed by atoms with Gasteiger partial charge in [-0.3, -0.25) is 19.1 Å². The molecule has 1 aromatic carbocycles. The summed E-state index contributed by atoms with van der Waals surface area (Å²) in [6, 6.07) is 5.58. The van der Waals surface area contributed by atoms with Gasteiger partial charge in [0.2, 0.25) is 5.78 Å². The Bertz CT molecular complexity index is 897. The smallest absolute Gasteiger partial charge is 0.290 e. The third-order valence-corrected chi connectivity index (χ3v) is 4.06. The minimum absolute atomic E-state index is 0.161. The van der Waals surface area contributed by atoms with Crippen LogP contribution in [0.15, 0.2) is 27.8 Å². The highest BCUT2D eigenvalue weighted by molar-refractivity contribution is 6.09. The van der Waals surface area contributed by atoms with Crippen LogP contribution >= 0.6 is 0 Å². The SMILES string of the molecule is Cc1cc(C)cc(C(=O)c2c(C(C)C)c(=O)[nH]c(=O)n2CC(C)C)c1. The summed E-state index contributed by atoms with van der Waals surface area (Å²) in [7, 11) is 0. The number of aromatic nitrogens is 2. The number of benzene rings is 1. The first-order valence-electron chi connectivity index (χ1n) is 8.61. The fraction of sp³-hybridized carbons (Fsp3) is 0.450. The van der Waals surface area contributed by atoms with Crippen molar-refractivity contribution in [1.29, 1.82) is 0 Å². The predicted molar refractivity (Wildman–Crippen MR) is 99.6 cm³/mol. The van der Waals surface area contributed by atoms with Crippen molar-refractivity contribution < 1.29 is 4.79 Å². The molecule has 0 aliphatic heterocycles. The van der Waals surface area contributed by atoms with E-state index in [1.54, 1.807) is 12.1 Å². The van der Waals surface area contributed by atoms with Crippen molar-refractivity contribution in [2.45, 2.75) is 54.0 Å². The maximum absolute atomic E-state index is 13.3. The zero-order valence-electron chi connectivity index (χ0n) is 15.8. The number of ketones is 1. The molecule has 25 heavy (non-hydrogen) atoms. The van der Waals surface area contributed by atoms with E-state index in [0.717, 1.165) is 11.1 Å². The fourth-order valence-electron chi connectivity index (χ4n) is 3.15. The van der Waals surface area contributed by atoms with Crippen molar-refractivity contribution in [2.75, 3.05) is 0 Å². The molecule has 0 atom stereocenters. The van der Waals surface area contributed by atoms with Crippen LogP contribution in [0.2, 0.25) is 0 Å². The second-order valence-electron chi connectivity index (χ2n) is 7.39. The second kappa shape index (κ2) is 7.21. The lowest BCUT2D eigenvalue weighted by Gasteiger charge is -2.19. The van der Waals surface area contributed by atoms with E-state index in [9.17, 15) is 14.4 Å². The summed E-state index contributed by atoms with van der Waals surface area (Å²) in [4.78, 5) is 40.4. The van der Waals surface area contributed by atoms with Gasteiger partial charge in [-0.2, -0.15) is 0 Å². The summed E-state index contributed by atoms with van der Waals surface area (Å²) in [6.45, 7) is 11.9. The van der Waals surface area contributed by atoms with E-state index in [1.807, 2.05) is 47.6 Å². The van der Waals surface area contributed by atoms with E-state index in [0.29, 0.717) is 17.7 Å². The molecular weight excluding hydrogens is 316 g/mol. The van der Waals surface area contributed by atoms with Gasteiger partial charge in [0.1, 0.15) is 5.69 Å². The number of carbonyl (C=O) groups is 1. The molecule has 0 amide bonds. The van der Waals surface area contributed by atoms with Crippen molar-refractivity contribution in [3.63, 3.8) is 0 Å².